The molecule has 3 N–H and O–H groups in total. The van der Waals surface area contributed by atoms with Crippen LogP contribution >= 0.6 is 11.3 Å². The van der Waals surface area contributed by atoms with Gasteiger partial charge in [0.25, 0.3) is 5.91 Å². The van der Waals surface area contributed by atoms with Crippen molar-refractivity contribution in [3.63, 3.8) is 0 Å². The van der Waals surface area contributed by atoms with Crippen LogP contribution in [-0.2, 0) is 16.0 Å². The molecule has 0 spiro atoms. The molecule has 0 bridgehead atoms. The van der Waals surface area contributed by atoms with Crippen molar-refractivity contribution < 1.29 is 14.3 Å². The molecule has 4 aromatic rings. The third kappa shape index (κ3) is 4.63. The van der Waals surface area contributed by atoms with Crippen LogP contribution < -0.4 is 11.1 Å². The number of nitrogen functional groups attached to an aromatic ring is 1. The third-order valence-corrected chi connectivity index (χ3v) is 6.15. The topological polar surface area (TPSA) is 94.3 Å². The van der Waals surface area contributed by atoms with Gasteiger partial charge in [-0.1, -0.05) is 48.5 Å². The Morgan fingerprint density at radius 2 is 1.78 bits per heavy atom. The van der Waals surface area contributed by atoms with Crippen LogP contribution in [-0.4, -0.2) is 23.5 Å². The van der Waals surface area contributed by atoms with E-state index in [1.807, 2.05) is 74.5 Å². The highest BCUT2D eigenvalue weighted by Gasteiger charge is 2.21. The number of fused-ring (bicyclic) bond motifs is 1. The van der Waals surface area contributed by atoms with Crippen molar-refractivity contribution in [3.8, 4) is 0 Å². The molecule has 0 aliphatic carbocycles. The monoisotopic (exact) mass is 445 g/mol. The lowest BCUT2D eigenvalue weighted by atomic mass is 10.0. The predicted octanol–water partition coefficient (Wildman–Crippen LogP) is 4.88. The summed E-state index contributed by atoms with van der Waals surface area (Å²) in [6, 6.07) is 19.5. The van der Waals surface area contributed by atoms with E-state index in [1.165, 1.54) is 11.3 Å². The maximum atomic E-state index is 12.6. The van der Waals surface area contributed by atoms with Gasteiger partial charge in [0.2, 0.25) is 0 Å². The van der Waals surface area contributed by atoms with Gasteiger partial charge in [0, 0.05) is 16.8 Å². The molecule has 1 amide bonds. The lowest BCUT2D eigenvalue weighted by Gasteiger charge is -2.11. The second kappa shape index (κ2) is 9.20. The summed E-state index contributed by atoms with van der Waals surface area (Å²) in [6.07, 6.45) is 0.682. The fourth-order valence-electron chi connectivity index (χ4n) is 3.62. The zero-order valence-corrected chi connectivity index (χ0v) is 18.7. The lowest BCUT2D eigenvalue weighted by molar-refractivity contribution is -0.119. The predicted molar refractivity (Wildman–Crippen MR) is 128 cm³/mol. The summed E-state index contributed by atoms with van der Waals surface area (Å²) in [4.78, 5) is 30.5. The van der Waals surface area contributed by atoms with Crippen LogP contribution in [0.15, 0.2) is 60.7 Å². The van der Waals surface area contributed by atoms with Crippen LogP contribution in [0.4, 0.5) is 11.4 Å². The maximum absolute atomic E-state index is 12.6. The third-order valence-electron chi connectivity index (χ3n) is 5.07. The van der Waals surface area contributed by atoms with Crippen LogP contribution in [0.1, 0.15) is 32.1 Å². The quantitative estimate of drug-likeness (QED) is 0.413. The maximum Gasteiger partial charge on any atom is 0.351 e. The summed E-state index contributed by atoms with van der Waals surface area (Å²) in [5.41, 5.74) is 11.1. The van der Waals surface area contributed by atoms with Gasteiger partial charge in [0.05, 0.1) is 5.69 Å². The molecule has 2 aromatic carbocycles. The number of carbonyl (C=O) groups excluding carboxylic acids is 2. The minimum Gasteiger partial charge on any atom is -0.451 e. The number of hydrogen-bond acceptors (Lipinski definition) is 6. The van der Waals surface area contributed by atoms with Crippen LogP contribution in [0, 0.1) is 13.8 Å². The molecular formula is C25H23N3O3S. The molecule has 0 aliphatic heterocycles. The Hall–Kier alpha value is -3.71. The van der Waals surface area contributed by atoms with E-state index in [-0.39, 0.29) is 4.88 Å². The molecule has 32 heavy (non-hydrogen) atoms. The first-order valence-corrected chi connectivity index (χ1v) is 11.0. The minimum atomic E-state index is -0.629. The van der Waals surface area contributed by atoms with Crippen molar-refractivity contribution in [2.45, 2.75) is 20.3 Å². The van der Waals surface area contributed by atoms with Gasteiger partial charge in [-0.2, -0.15) is 0 Å². The summed E-state index contributed by atoms with van der Waals surface area (Å²) in [7, 11) is 0. The molecule has 6 nitrogen and oxygen atoms in total. The van der Waals surface area contributed by atoms with E-state index in [1.54, 1.807) is 0 Å². The molecule has 0 fully saturated rings. The van der Waals surface area contributed by atoms with Crippen LogP contribution in [0.25, 0.3) is 10.2 Å². The largest absolute Gasteiger partial charge is 0.451 e. The second-order valence-electron chi connectivity index (χ2n) is 7.55. The summed E-state index contributed by atoms with van der Waals surface area (Å²) in [5, 5.41) is 3.60. The van der Waals surface area contributed by atoms with Crippen LogP contribution in [0.5, 0.6) is 0 Å². The molecule has 0 saturated carbocycles. The van der Waals surface area contributed by atoms with Crippen molar-refractivity contribution in [1.29, 1.82) is 0 Å². The van der Waals surface area contributed by atoms with Gasteiger partial charge in [0.1, 0.15) is 9.71 Å². The summed E-state index contributed by atoms with van der Waals surface area (Å²) >= 11 is 1.18. The van der Waals surface area contributed by atoms with E-state index >= 15 is 0 Å². The van der Waals surface area contributed by atoms with Gasteiger partial charge in [-0.25, -0.2) is 9.78 Å². The Labute approximate surface area is 190 Å². The van der Waals surface area contributed by atoms with Gasteiger partial charge in [-0.05, 0) is 49.1 Å². The fourth-order valence-corrected chi connectivity index (χ4v) is 4.73. The number of amides is 1. The van der Waals surface area contributed by atoms with Gasteiger partial charge >= 0.3 is 5.97 Å². The van der Waals surface area contributed by atoms with Crippen molar-refractivity contribution in [2.24, 2.45) is 0 Å². The molecule has 0 saturated heterocycles. The van der Waals surface area contributed by atoms with Gasteiger partial charge in [-0.15, -0.1) is 11.3 Å². The summed E-state index contributed by atoms with van der Waals surface area (Å²) in [6.45, 7) is 3.41. The normalized spacial score (nSPS) is 10.8. The molecular weight excluding hydrogens is 422 g/mol. The Morgan fingerprint density at radius 3 is 2.56 bits per heavy atom. The highest BCUT2D eigenvalue weighted by atomic mass is 32.1. The fraction of sp³-hybridized carbons (Fsp3) is 0.160. The molecule has 0 unspecified atom stereocenters. The van der Waals surface area contributed by atoms with Crippen molar-refractivity contribution in [2.75, 3.05) is 17.7 Å². The minimum absolute atomic E-state index is 0.262. The molecule has 0 atom stereocenters. The Morgan fingerprint density at radius 1 is 1.06 bits per heavy atom. The number of ether oxygens (including phenoxy) is 1. The lowest BCUT2D eigenvalue weighted by Crippen LogP contribution is -2.21. The van der Waals surface area contributed by atoms with Gasteiger partial charge in [0.15, 0.2) is 6.61 Å². The standard InChI is InChI=1S/C25H23N3O3S/c1-15-12-16(2)27-24-21(15)22(26)23(32-24)25(30)31-14-20(29)28-19-11-7-6-10-18(19)13-17-8-4-3-5-9-17/h3-12H,13-14,26H2,1-2H3,(H,28,29). The van der Waals surface area contributed by atoms with Gasteiger partial charge in [-0.3, -0.25) is 4.79 Å². The first-order valence-electron chi connectivity index (χ1n) is 10.2. The molecule has 162 valence electrons. The average molecular weight is 446 g/mol. The number of nitrogens with zero attached hydrogens (tertiary/aromatic N) is 1. The van der Waals surface area contributed by atoms with E-state index in [4.69, 9.17) is 10.5 Å². The number of hydrogen-bond donors (Lipinski definition) is 2. The molecule has 0 aliphatic rings. The number of carbonyl (C=O) groups is 2. The van der Waals surface area contributed by atoms with E-state index < -0.39 is 18.5 Å². The Bertz CT molecular complexity index is 1300. The number of benzene rings is 2. The van der Waals surface area contributed by atoms with Crippen molar-refractivity contribution >= 4 is 44.8 Å². The van der Waals surface area contributed by atoms with E-state index in [9.17, 15) is 9.59 Å². The highest BCUT2D eigenvalue weighted by Crippen LogP contribution is 2.35. The smallest absolute Gasteiger partial charge is 0.351 e. The number of rotatable bonds is 6. The number of pyridine rings is 1. The molecule has 7 heteroatoms. The SMILES string of the molecule is Cc1cc(C)c2c(N)c(C(=O)OCC(=O)Nc3ccccc3Cc3ccccc3)sc2n1. The van der Waals surface area contributed by atoms with Crippen molar-refractivity contribution in [3.05, 3.63) is 87.9 Å². The zero-order valence-electron chi connectivity index (χ0n) is 17.8. The Kier molecular flexibility index (Phi) is 6.18. The van der Waals surface area contributed by atoms with Crippen molar-refractivity contribution in [1.82, 2.24) is 4.98 Å². The van der Waals surface area contributed by atoms with E-state index in [0.717, 1.165) is 27.8 Å². The number of thiophene rings is 1. The number of esters is 1. The van der Waals surface area contributed by atoms with Crippen LogP contribution in [0.3, 0.4) is 0 Å². The number of aryl methyl sites for hydroxylation is 2. The Balaban J connectivity index is 1.43. The van der Waals surface area contributed by atoms with Crippen LogP contribution in [0.2, 0.25) is 0 Å². The zero-order chi connectivity index (χ0) is 22.7. The second-order valence-corrected chi connectivity index (χ2v) is 8.55. The number of nitrogens with two attached hydrogens (primary N) is 1. The average Bonchev–Trinajstić information content (AvgIpc) is 3.10. The first-order chi connectivity index (χ1) is 15.4. The molecule has 0 radical (unpaired) electrons. The first kappa shape index (κ1) is 21.5. The van der Waals surface area contributed by atoms with E-state index in [0.29, 0.717) is 22.6 Å². The van der Waals surface area contributed by atoms with Gasteiger partial charge < -0.3 is 15.8 Å². The summed E-state index contributed by atoms with van der Waals surface area (Å²) < 4.78 is 5.25. The molecule has 4 rings (SSSR count). The number of para-hydroxylation sites is 1. The summed E-state index contributed by atoms with van der Waals surface area (Å²) in [5.74, 6) is -1.04. The molecule has 2 heterocycles. The number of nitrogens with one attached hydrogen (secondary N) is 1. The number of anilines is 2. The number of aromatic nitrogens is 1. The highest BCUT2D eigenvalue weighted by molar-refractivity contribution is 7.21. The van der Waals surface area contributed by atoms with E-state index in [2.05, 4.69) is 10.3 Å². The molecule has 2 aromatic heterocycles.